The van der Waals surface area contributed by atoms with E-state index in [9.17, 15) is 9.59 Å². The Labute approximate surface area is 223 Å². The van der Waals surface area contributed by atoms with E-state index in [0.717, 1.165) is 6.42 Å². The zero-order chi connectivity index (χ0) is 25.7. The molecule has 10 heteroatoms. The van der Waals surface area contributed by atoms with Gasteiger partial charge in [-0.2, -0.15) is 0 Å². The molecule has 0 unspecified atom stereocenters. The number of para-hydroxylation sites is 2. The number of carbonyl (C=O) groups is 1. The number of carbonyl (C=O) groups excluding carboxylic acids is 1. The molecule has 0 bridgehead atoms. The largest absolute Gasteiger partial charge is 0.495 e. The Balaban J connectivity index is 1.83. The Morgan fingerprint density at radius 3 is 2.50 bits per heavy atom. The summed E-state index contributed by atoms with van der Waals surface area (Å²) in [7, 11) is 1.57. The van der Waals surface area contributed by atoms with Crippen molar-refractivity contribution in [2.24, 2.45) is 0 Å². The van der Waals surface area contributed by atoms with E-state index in [1.165, 1.54) is 33.2 Å². The van der Waals surface area contributed by atoms with Gasteiger partial charge in [0.25, 0.3) is 5.56 Å². The van der Waals surface area contributed by atoms with Crippen LogP contribution in [-0.2, 0) is 17.8 Å². The van der Waals surface area contributed by atoms with Gasteiger partial charge in [-0.1, -0.05) is 65.6 Å². The van der Waals surface area contributed by atoms with Crippen LogP contribution >= 0.6 is 35.3 Å². The standard InChI is InChI=1S/C26H28N4O3S3/c1-4-28(5-2)21(31)17-35-25-27-23-22(24(32)30(25)19-13-9-10-14-20(19)33-3)36-26(34)29(23)16-15-18-11-7-6-8-12-18/h6-14H,4-5,15-17H2,1-3H3. The minimum absolute atomic E-state index is 0.00264. The smallest absolute Gasteiger partial charge is 0.278 e. The zero-order valence-electron chi connectivity index (χ0n) is 20.5. The molecule has 0 aliphatic carbocycles. The third-order valence-electron chi connectivity index (χ3n) is 5.89. The number of benzene rings is 2. The van der Waals surface area contributed by atoms with Crippen LogP contribution in [0.3, 0.4) is 0 Å². The molecule has 0 radical (unpaired) electrons. The normalized spacial score (nSPS) is 11.1. The Hall–Kier alpha value is -2.95. The molecule has 0 fully saturated rings. The summed E-state index contributed by atoms with van der Waals surface area (Å²) in [6.45, 7) is 5.77. The minimum Gasteiger partial charge on any atom is -0.495 e. The fourth-order valence-electron chi connectivity index (χ4n) is 3.98. The van der Waals surface area contributed by atoms with Crippen molar-refractivity contribution in [1.29, 1.82) is 0 Å². The number of hydrogen-bond acceptors (Lipinski definition) is 7. The van der Waals surface area contributed by atoms with Crippen LogP contribution in [0, 0.1) is 3.95 Å². The van der Waals surface area contributed by atoms with Gasteiger partial charge in [0.15, 0.2) is 14.8 Å². The van der Waals surface area contributed by atoms with Gasteiger partial charge in [-0.15, -0.1) is 0 Å². The summed E-state index contributed by atoms with van der Waals surface area (Å²) in [4.78, 5) is 33.3. The van der Waals surface area contributed by atoms with Gasteiger partial charge in [0, 0.05) is 19.6 Å². The van der Waals surface area contributed by atoms with Crippen molar-refractivity contribution >= 4 is 51.6 Å². The first-order valence-electron chi connectivity index (χ1n) is 11.7. The van der Waals surface area contributed by atoms with Gasteiger partial charge in [-0.25, -0.2) is 4.98 Å². The lowest BCUT2D eigenvalue weighted by atomic mass is 10.1. The summed E-state index contributed by atoms with van der Waals surface area (Å²) in [5.41, 5.74) is 2.08. The van der Waals surface area contributed by atoms with Crippen molar-refractivity contribution in [1.82, 2.24) is 19.0 Å². The highest BCUT2D eigenvalue weighted by atomic mass is 32.2. The van der Waals surface area contributed by atoms with E-state index < -0.39 is 0 Å². The molecule has 0 N–H and O–H groups in total. The first kappa shape index (κ1) is 26.1. The van der Waals surface area contributed by atoms with Crippen LogP contribution in [0.25, 0.3) is 16.0 Å². The summed E-state index contributed by atoms with van der Waals surface area (Å²) >= 11 is 8.17. The molecular formula is C26H28N4O3S3. The van der Waals surface area contributed by atoms with Gasteiger partial charge in [-0.3, -0.25) is 14.2 Å². The highest BCUT2D eigenvalue weighted by molar-refractivity contribution is 7.99. The molecule has 0 saturated heterocycles. The second-order valence-corrected chi connectivity index (χ2v) is 10.6. The van der Waals surface area contributed by atoms with Crippen LogP contribution in [0.1, 0.15) is 19.4 Å². The maximum atomic E-state index is 13.9. The molecule has 0 saturated carbocycles. The van der Waals surface area contributed by atoms with Gasteiger partial charge < -0.3 is 14.2 Å². The number of nitrogens with zero attached hydrogens (tertiary/aromatic N) is 4. The van der Waals surface area contributed by atoms with E-state index in [1.807, 2.05) is 54.8 Å². The van der Waals surface area contributed by atoms with Crippen molar-refractivity contribution in [3.63, 3.8) is 0 Å². The molecule has 0 spiro atoms. The van der Waals surface area contributed by atoms with E-state index in [0.29, 0.717) is 50.5 Å². The molecule has 0 aliphatic rings. The van der Waals surface area contributed by atoms with E-state index in [2.05, 4.69) is 12.1 Å². The van der Waals surface area contributed by atoms with Gasteiger partial charge in [0.1, 0.15) is 10.4 Å². The SMILES string of the molecule is CCN(CC)C(=O)CSc1nc2c(sc(=S)n2CCc2ccccc2)c(=O)n1-c1ccccc1OC. The number of thioether (sulfide) groups is 1. The lowest BCUT2D eigenvalue weighted by Gasteiger charge is -2.19. The number of ether oxygens (including phenoxy) is 1. The van der Waals surface area contributed by atoms with Crippen LogP contribution in [-0.4, -0.2) is 50.9 Å². The number of fused-ring (bicyclic) bond motifs is 1. The molecule has 0 atom stereocenters. The number of amides is 1. The van der Waals surface area contributed by atoms with Crippen LogP contribution in [0.2, 0.25) is 0 Å². The molecule has 188 valence electrons. The Morgan fingerprint density at radius 2 is 1.81 bits per heavy atom. The van der Waals surface area contributed by atoms with Gasteiger partial charge in [0.2, 0.25) is 5.91 Å². The third kappa shape index (κ3) is 5.40. The summed E-state index contributed by atoms with van der Waals surface area (Å²) < 4.78 is 10.1. The van der Waals surface area contributed by atoms with E-state index in [-0.39, 0.29) is 17.2 Å². The van der Waals surface area contributed by atoms with Crippen LogP contribution < -0.4 is 10.3 Å². The molecule has 4 rings (SSSR count). The fourth-order valence-corrected chi connectivity index (χ4v) is 6.19. The minimum atomic E-state index is -0.225. The maximum Gasteiger partial charge on any atom is 0.278 e. The summed E-state index contributed by atoms with van der Waals surface area (Å²) in [6.07, 6.45) is 0.765. The second-order valence-electron chi connectivity index (χ2n) is 7.97. The van der Waals surface area contributed by atoms with Crippen molar-refractivity contribution in [3.8, 4) is 11.4 Å². The fraction of sp³-hybridized carbons (Fsp3) is 0.308. The Morgan fingerprint density at radius 1 is 1.11 bits per heavy atom. The predicted octanol–water partition coefficient (Wildman–Crippen LogP) is 5.19. The third-order valence-corrected chi connectivity index (χ3v) is 8.24. The maximum absolute atomic E-state index is 13.9. The molecule has 2 heterocycles. The van der Waals surface area contributed by atoms with Crippen molar-refractivity contribution in [3.05, 3.63) is 74.5 Å². The van der Waals surface area contributed by atoms with Crippen LogP contribution in [0.15, 0.2) is 64.5 Å². The predicted molar refractivity (Wildman–Crippen MR) is 149 cm³/mol. The average molecular weight is 541 g/mol. The number of methoxy groups -OCH3 is 1. The molecular weight excluding hydrogens is 513 g/mol. The molecule has 2 aromatic heterocycles. The monoisotopic (exact) mass is 540 g/mol. The van der Waals surface area contributed by atoms with Crippen molar-refractivity contribution in [2.75, 3.05) is 26.0 Å². The van der Waals surface area contributed by atoms with Gasteiger partial charge in [-0.05, 0) is 50.2 Å². The molecule has 36 heavy (non-hydrogen) atoms. The lowest BCUT2D eigenvalue weighted by molar-refractivity contribution is -0.127. The van der Waals surface area contributed by atoms with E-state index >= 15 is 0 Å². The topological polar surface area (TPSA) is 69.4 Å². The highest BCUT2D eigenvalue weighted by Gasteiger charge is 2.21. The molecule has 2 aromatic carbocycles. The Bertz CT molecular complexity index is 1470. The molecule has 1 amide bonds. The second kappa shape index (κ2) is 11.9. The first-order chi connectivity index (χ1) is 17.5. The number of rotatable bonds is 10. The molecule has 4 aromatic rings. The number of hydrogen-bond donors (Lipinski definition) is 0. The average Bonchev–Trinajstić information content (AvgIpc) is 3.22. The quantitative estimate of drug-likeness (QED) is 0.157. The van der Waals surface area contributed by atoms with E-state index in [1.54, 1.807) is 18.1 Å². The van der Waals surface area contributed by atoms with Gasteiger partial charge in [0.05, 0.1) is 18.6 Å². The number of aromatic nitrogens is 3. The van der Waals surface area contributed by atoms with Crippen LogP contribution in [0.5, 0.6) is 5.75 Å². The summed E-state index contributed by atoms with van der Waals surface area (Å²) in [5, 5.41) is 0.429. The first-order valence-corrected chi connectivity index (χ1v) is 13.9. The summed E-state index contributed by atoms with van der Waals surface area (Å²) in [6, 6.07) is 17.4. The van der Waals surface area contributed by atoms with E-state index in [4.69, 9.17) is 21.9 Å². The highest BCUT2D eigenvalue weighted by Crippen LogP contribution is 2.29. The Kier molecular flexibility index (Phi) is 8.60. The van der Waals surface area contributed by atoms with Crippen molar-refractivity contribution < 1.29 is 9.53 Å². The van der Waals surface area contributed by atoms with Crippen molar-refractivity contribution in [2.45, 2.75) is 32.0 Å². The number of thiazole rings is 1. The van der Waals surface area contributed by atoms with Crippen LogP contribution in [0.4, 0.5) is 0 Å². The summed E-state index contributed by atoms with van der Waals surface area (Å²) in [5.74, 6) is 0.714. The molecule has 0 aliphatic heterocycles. The molecule has 7 nitrogen and oxygen atoms in total. The zero-order valence-corrected chi connectivity index (χ0v) is 22.9. The lowest BCUT2D eigenvalue weighted by Crippen LogP contribution is -2.32. The number of aryl methyl sites for hydroxylation is 2. The van der Waals surface area contributed by atoms with Gasteiger partial charge >= 0.3 is 0 Å².